The quantitative estimate of drug-likeness (QED) is 0.798. The summed E-state index contributed by atoms with van der Waals surface area (Å²) in [6.45, 7) is 3.84. The normalized spacial score (nSPS) is 37.9. The number of hydrogen-bond donors (Lipinski definition) is 1. The van der Waals surface area contributed by atoms with Crippen molar-refractivity contribution >= 4 is 9.84 Å². The third kappa shape index (κ3) is 2.76. The number of sulfone groups is 1. The summed E-state index contributed by atoms with van der Waals surface area (Å²) < 4.78 is 28.8. The molecule has 0 aliphatic carbocycles. The Morgan fingerprint density at radius 3 is 2.94 bits per heavy atom. The molecule has 2 aliphatic heterocycles. The molecular weight excluding hydrogens is 226 g/mol. The lowest BCUT2D eigenvalue weighted by atomic mass is 9.90. The van der Waals surface area contributed by atoms with Crippen LogP contribution >= 0.6 is 0 Å². The maximum Gasteiger partial charge on any atom is 0.153 e. The van der Waals surface area contributed by atoms with Crippen LogP contribution in [0.3, 0.4) is 0 Å². The van der Waals surface area contributed by atoms with E-state index in [0.29, 0.717) is 24.8 Å². The van der Waals surface area contributed by atoms with E-state index in [-0.39, 0.29) is 11.4 Å². The first kappa shape index (κ1) is 12.3. The van der Waals surface area contributed by atoms with Gasteiger partial charge in [-0.2, -0.15) is 0 Å². The summed E-state index contributed by atoms with van der Waals surface area (Å²) in [5.74, 6) is 0.526. The Morgan fingerprint density at radius 2 is 2.31 bits per heavy atom. The largest absolute Gasteiger partial charge is 0.374 e. The van der Waals surface area contributed by atoms with Crippen molar-refractivity contribution in [3.05, 3.63) is 0 Å². The molecule has 0 aromatic carbocycles. The van der Waals surface area contributed by atoms with Gasteiger partial charge in [-0.3, -0.25) is 0 Å². The SMILES string of the molecule is CCCNC1CCOC2(CCS(=O)(=O)C2)C1. The fourth-order valence-electron chi connectivity index (χ4n) is 2.71. The van der Waals surface area contributed by atoms with Crippen LogP contribution in [0.4, 0.5) is 0 Å². The Morgan fingerprint density at radius 1 is 1.50 bits per heavy atom. The van der Waals surface area contributed by atoms with E-state index in [9.17, 15) is 8.42 Å². The summed E-state index contributed by atoms with van der Waals surface area (Å²) >= 11 is 0. The zero-order valence-electron chi connectivity index (χ0n) is 9.87. The molecule has 2 saturated heterocycles. The van der Waals surface area contributed by atoms with Gasteiger partial charge >= 0.3 is 0 Å². The van der Waals surface area contributed by atoms with Crippen LogP contribution in [0.1, 0.15) is 32.6 Å². The highest BCUT2D eigenvalue weighted by molar-refractivity contribution is 7.91. The Bertz CT molecular complexity index is 341. The maximum absolute atomic E-state index is 11.5. The van der Waals surface area contributed by atoms with Crippen molar-refractivity contribution in [2.75, 3.05) is 24.7 Å². The van der Waals surface area contributed by atoms with Crippen LogP contribution in [0.15, 0.2) is 0 Å². The molecule has 2 unspecified atom stereocenters. The summed E-state index contributed by atoms with van der Waals surface area (Å²) in [6.07, 6.45) is 3.65. The van der Waals surface area contributed by atoms with Crippen LogP contribution in [0.2, 0.25) is 0 Å². The van der Waals surface area contributed by atoms with E-state index in [1.54, 1.807) is 0 Å². The average molecular weight is 247 g/mol. The molecule has 1 N–H and O–H groups in total. The molecule has 5 heteroatoms. The third-order valence-electron chi connectivity index (χ3n) is 3.53. The molecule has 0 saturated carbocycles. The predicted octanol–water partition coefficient (Wildman–Crippen LogP) is 0.722. The summed E-state index contributed by atoms with van der Waals surface area (Å²) in [4.78, 5) is 0. The fourth-order valence-corrected chi connectivity index (χ4v) is 4.69. The van der Waals surface area contributed by atoms with Gasteiger partial charge in [0.1, 0.15) is 0 Å². The van der Waals surface area contributed by atoms with Crippen molar-refractivity contribution in [2.24, 2.45) is 0 Å². The maximum atomic E-state index is 11.5. The minimum absolute atomic E-state index is 0.226. The van der Waals surface area contributed by atoms with E-state index in [4.69, 9.17) is 4.74 Å². The first-order valence-corrected chi connectivity index (χ1v) is 7.95. The summed E-state index contributed by atoms with van der Waals surface area (Å²) in [5.41, 5.74) is -0.373. The highest BCUT2D eigenvalue weighted by Crippen LogP contribution is 2.35. The van der Waals surface area contributed by atoms with Gasteiger partial charge in [0.2, 0.25) is 0 Å². The molecule has 4 nitrogen and oxygen atoms in total. The molecule has 0 aromatic heterocycles. The zero-order chi connectivity index (χ0) is 11.6. The van der Waals surface area contributed by atoms with Crippen molar-refractivity contribution < 1.29 is 13.2 Å². The smallest absolute Gasteiger partial charge is 0.153 e. The Labute approximate surface area is 97.7 Å². The minimum Gasteiger partial charge on any atom is -0.374 e. The summed E-state index contributed by atoms with van der Waals surface area (Å²) in [5, 5.41) is 3.47. The fraction of sp³-hybridized carbons (Fsp3) is 1.00. The molecule has 2 rings (SSSR count). The average Bonchev–Trinajstić information content (AvgIpc) is 2.51. The molecule has 94 valence electrons. The number of hydrogen-bond acceptors (Lipinski definition) is 4. The van der Waals surface area contributed by atoms with E-state index in [1.165, 1.54) is 0 Å². The summed E-state index contributed by atoms with van der Waals surface area (Å²) in [7, 11) is -2.85. The molecule has 2 fully saturated rings. The molecule has 2 aliphatic rings. The van der Waals surface area contributed by atoms with Crippen LogP contribution in [-0.4, -0.2) is 44.7 Å². The topological polar surface area (TPSA) is 55.4 Å². The highest BCUT2D eigenvalue weighted by Gasteiger charge is 2.46. The van der Waals surface area contributed by atoms with Crippen LogP contribution < -0.4 is 5.32 Å². The first-order chi connectivity index (χ1) is 7.55. The van der Waals surface area contributed by atoms with Gasteiger partial charge in [-0.25, -0.2) is 8.42 Å². The van der Waals surface area contributed by atoms with Gasteiger partial charge in [0.25, 0.3) is 0 Å². The Hall–Kier alpha value is -0.130. The molecule has 2 atom stereocenters. The van der Waals surface area contributed by atoms with Gasteiger partial charge in [0.05, 0.1) is 17.1 Å². The van der Waals surface area contributed by atoms with Crippen LogP contribution in [0, 0.1) is 0 Å². The Kier molecular flexibility index (Phi) is 3.56. The van der Waals surface area contributed by atoms with E-state index in [1.807, 2.05) is 0 Å². The van der Waals surface area contributed by atoms with E-state index in [2.05, 4.69) is 12.2 Å². The minimum atomic E-state index is -2.85. The zero-order valence-corrected chi connectivity index (χ0v) is 10.7. The van der Waals surface area contributed by atoms with Crippen molar-refractivity contribution in [3.8, 4) is 0 Å². The second kappa shape index (κ2) is 4.63. The molecule has 0 radical (unpaired) electrons. The lowest BCUT2D eigenvalue weighted by Crippen LogP contribution is -2.48. The van der Waals surface area contributed by atoms with Crippen molar-refractivity contribution in [3.63, 3.8) is 0 Å². The highest BCUT2D eigenvalue weighted by atomic mass is 32.2. The standard InChI is InChI=1S/C11H21NO3S/c1-2-5-12-10-3-6-15-11(8-10)4-7-16(13,14)9-11/h10,12H,2-9H2,1H3. The molecule has 2 heterocycles. The summed E-state index contributed by atoms with van der Waals surface area (Å²) in [6, 6.07) is 0.432. The lowest BCUT2D eigenvalue weighted by molar-refractivity contribution is -0.0702. The van der Waals surface area contributed by atoms with Crippen molar-refractivity contribution in [1.29, 1.82) is 0 Å². The van der Waals surface area contributed by atoms with E-state index < -0.39 is 9.84 Å². The second-order valence-electron chi connectivity index (χ2n) is 5.02. The number of nitrogens with one attached hydrogen (secondary N) is 1. The first-order valence-electron chi connectivity index (χ1n) is 6.13. The molecule has 16 heavy (non-hydrogen) atoms. The molecule has 1 spiro atoms. The van der Waals surface area contributed by atoms with Gasteiger partial charge in [-0.15, -0.1) is 0 Å². The number of ether oxygens (including phenoxy) is 1. The lowest BCUT2D eigenvalue weighted by Gasteiger charge is -2.37. The third-order valence-corrected chi connectivity index (χ3v) is 5.32. The van der Waals surface area contributed by atoms with E-state index in [0.717, 1.165) is 25.8 Å². The predicted molar refractivity (Wildman–Crippen MR) is 63.3 cm³/mol. The van der Waals surface area contributed by atoms with Crippen molar-refractivity contribution in [2.45, 2.75) is 44.2 Å². The molecular formula is C11H21NO3S. The van der Waals surface area contributed by atoms with Crippen LogP contribution in [0.5, 0.6) is 0 Å². The van der Waals surface area contributed by atoms with E-state index >= 15 is 0 Å². The van der Waals surface area contributed by atoms with Gasteiger partial charge in [-0.05, 0) is 32.2 Å². The van der Waals surface area contributed by atoms with Gasteiger partial charge in [-0.1, -0.05) is 6.92 Å². The van der Waals surface area contributed by atoms with Crippen LogP contribution in [-0.2, 0) is 14.6 Å². The van der Waals surface area contributed by atoms with Crippen molar-refractivity contribution in [1.82, 2.24) is 5.32 Å². The molecule has 0 amide bonds. The van der Waals surface area contributed by atoms with Gasteiger partial charge in [0, 0.05) is 12.6 Å². The van der Waals surface area contributed by atoms with Crippen LogP contribution in [0.25, 0.3) is 0 Å². The van der Waals surface area contributed by atoms with Gasteiger partial charge < -0.3 is 10.1 Å². The Balaban J connectivity index is 1.96. The van der Waals surface area contributed by atoms with Gasteiger partial charge in [0.15, 0.2) is 9.84 Å². The second-order valence-corrected chi connectivity index (χ2v) is 7.20. The molecule has 0 aromatic rings. The monoisotopic (exact) mass is 247 g/mol. The number of rotatable bonds is 3. The molecule has 0 bridgehead atoms.